The molecule has 0 amide bonds. The normalized spacial score (nSPS) is 8.89. The lowest BCUT2D eigenvalue weighted by molar-refractivity contribution is -0.136. The molecule has 0 radical (unpaired) electrons. The Labute approximate surface area is 110 Å². The molecule has 1 N–H and O–H groups in total. The smallest absolute Gasteiger partial charge is 0.307 e. The molecule has 0 aliphatic heterocycles. The van der Waals surface area contributed by atoms with E-state index in [0.717, 1.165) is 0 Å². The molecule has 0 aromatic heterocycles. The first-order valence-corrected chi connectivity index (χ1v) is 5.56. The molecule has 6 heteroatoms. The highest BCUT2D eigenvalue weighted by molar-refractivity contribution is 5.70. The molecule has 1 aromatic rings. The Morgan fingerprint density at radius 2 is 2.37 bits per heavy atom. The van der Waals surface area contributed by atoms with Gasteiger partial charge in [0, 0.05) is 17.9 Å². The van der Waals surface area contributed by atoms with E-state index in [4.69, 9.17) is 15.4 Å². The average molecular weight is 259 g/mol. The van der Waals surface area contributed by atoms with Crippen molar-refractivity contribution >= 4 is 5.97 Å². The molecule has 0 saturated carbocycles. The summed E-state index contributed by atoms with van der Waals surface area (Å²) in [6.07, 6.45) is 0.383. The fraction of sp³-hybridized carbons (Fsp3) is 0.308. The first-order chi connectivity index (χ1) is 9.17. The number of aliphatic carboxylic acids is 1. The fourth-order valence-electron chi connectivity index (χ4n) is 1.45. The van der Waals surface area contributed by atoms with E-state index in [9.17, 15) is 4.79 Å². The minimum atomic E-state index is -0.896. The van der Waals surface area contributed by atoms with Crippen molar-refractivity contribution in [1.82, 2.24) is 0 Å². The van der Waals surface area contributed by atoms with E-state index >= 15 is 0 Å². The van der Waals surface area contributed by atoms with Crippen LogP contribution in [0.2, 0.25) is 0 Å². The number of methoxy groups -OCH3 is 1. The summed E-state index contributed by atoms with van der Waals surface area (Å²) < 4.78 is 5.15. The van der Waals surface area contributed by atoms with Crippen molar-refractivity contribution in [2.24, 2.45) is 5.11 Å². The fourth-order valence-corrected chi connectivity index (χ4v) is 1.45. The molecule has 1 aromatic carbocycles. The van der Waals surface area contributed by atoms with Gasteiger partial charge in [-0.1, -0.05) is 23.0 Å². The Kier molecular flexibility index (Phi) is 5.80. The quantitative estimate of drug-likeness (QED) is 0.289. The standard InChI is InChI=1S/C13H13N3O3/c1-19-12-6-5-10(9-13(17)18)8-11(12)4-2-3-7-15-16-14/h5-6,8H,3,7,9H2,1H3,(H,17,18). The van der Waals surface area contributed by atoms with Gasteiger partial charge in [-0.05, 0) is 23.2 Å². The number of hydrogen-bond acceptors (Lipinski definition) is 3. The van der Waals surface area contributed by atoms with Crippen LogP contribution in [0.15, 0.2) is 23.3 Å². The monoisotopic (exact) mass is 259 g/mol. The maximum atomic E-state index is 10.7. The van der Waals surface area contributed by atoms with Crippen LogP contribution in [-0.4, -0.2) is 24.7 Å². The van der Waals surface area contributed by atoms with Gasteiger partial charge in [0.2, 0.25) is 0 Å². The zero-order valence-corrected chi connectivity index (χ0v) is 10.5. The molecule has 1 rings (SSSR count). The summed E-state index contributed by atoms with van der Waals surface area (Å²) in [7, 11) is 1.53. The molecule has 0 heterocycles. The Morgan fingerprint density at radius 3 is 3.00 bits per heavy atom. The number of carbonyl (C=O) groups is 1. The summed E-state index contributed by atoms with van der Waals surface area (Å²) in [5.74, 6) is 5.43. The van der Waals surface area contributed by atoms with Crippen LogP contribution >= 0.6 is 0 Å². The van der Waals surface area contributed by atoms with Crippen molar-refractivity contribution in [3.8, 4) is 17.6 Å². The number of rotatable bonds is 5. The van der Waals surface area contributed by atoms with Crippen molar-refractivity contribution in [2.45, 2.75) is 12.8 Å². The van der Waals surface area contributed by atoms with Gasteiger partial charge in [0.25, 0.3) is 0 Å². The Bertz CT molecular complexity index is 566. The summed E-state index contributed by atoms with van der Waals surface area (Å²) in [5.41, 5.74) is 9.41. The Balaban J connectivity index is 2.89. The van der Waals surface area contributed by atoms with Crippen LogP contribution in [0, 0.1) is 11.8 Å². The van der Waals surface area contributed by atoms with Crippen molar-refractivity contribution < 1.29 is 14.6 Å². The number of azide groups is 1. The second kappa shape index (κ2) is 7.64. The Hall–Kier alpha value is -2.64. The number of carboxylic acids is 1. The SMILES string of the molecule is COc1ccc(CC(=O)O)cc1C#CCCN=[N+]=[N-]. The lowest BCUT2D eigenvalue weighted by Gasteiger charge is -2.05. The van der Waals surface area contributed by atoms with Gasteiger partial charge in [-0.2, -0.15) is 0 Å². The molecule has 6 nitrogen and oxygen atoms in total. The van der Waals surface area contributed by atoms with Gasteiger partial charge in [0.1, 0.15) is 5.75 Å². The highest BCUT2D eigenvalue weighted by atomic mass is 16.5. The molecule has 0 aliphatic carbocycles. The molecule has 0 saturated heterocycles. The first kappa shape index (κ1) is 14.4. The number of ether oxygens (including phenoxy) is 1. The van der Waals surface area contributed by atoms with E-state index in [-0.39, 0.29) is 6.42 Å². The lowest BCUT2D eigenvalue weighted by Crippen LogP contribution is -2.00. The van der Waals surface area contributed by atoms with Gasteiger partial charge in [0.15, 0.2) is 0 Å². The van der Waals surface area contributed by atoms with Gasteiger partial charge in [-0.3, -0.25) is 4.79 Å². The third-order valence-electron chi connectivity index (χ3n) is 2.24. The van der Waals surface area contributed by atoms with Crippen molar-refractivity contribution in [3.63, 3.8) is 0 Å². The van der Waals surface area contributed by atoms with Crippen LogP contribution in [-0.2, 0) is 11.2 Å². The van der Waals surface area contributed by atoms with Gasteiger partial charge in [-0.15, -0.1) is 0 Å². The summed E-state index contributed by atoms with van der Waals surface area (Å²) in [4.78, 5) is 13.3. The summed E-state index contributed by atoms with van der Waals surface area (Å²) in [6, 6.07) is 5.07. The number of carboxylic acid groups (broad SMARTS) is 1. The highest BCUT2D eigenvalue weighted by Gasteiger charge is 2.05. The van der Waals surface area contributed by atoms with E-state index in [1.54, 1.807) is 18.2 Å². The first-order valence-electron chi connectivity index (χ1n) is 5.56. The molecule has 98 valence electrons. The molecular weight excluding hydrogens is 246 g/mol. The van der Waals surface area contributed by atoms with E-state index in [0.29, 0.717) is 29.8 Å². The van der Waals surface area contributed by atoms with Crippen molar-refractivity contribution in [2.75, 3.05) is 13.7 Å². The van der Waals surface area contributed by atoms with Crippen LogP contribution in [0.3, 0.4) is 0 Å². The lowest BCUT2D eigenvalue weighted by atomic mass is 10.1. The van der Waals surface area contributed by atoms with Crippen LogP contribution in [0.25, 0.3) is 10.4 Å². The van der Waals surface area contributed by atoms with Crippen LogP contribution in [0.5, 0.6) is 5.75 Å². The van der Waals surface area contributed by atoms with Gasteiger partial charge < -0.3 is 9.84 Å². The maximum absolute atomic E-state index is 10.7. The molecule has 19 heavy (non-hydrogen) atoms. The summed E-state index contributed by atoms with van der Waals surface area (Å²) in [5, 5.41) is 12.1. The largest absolute Gasteiger partial charge is 0.495 e. The predicted octanol–water partition coefficient (Wildman–Crippen LogP) is 2.37. The van der Waals surface area contributed by atoms with Crippen LogP contribution in [0.4, 0.5) is 0 Å². The summed E-state index contributed by atoms with van der Waals surface area (Å²) in [6.45, 7) is 0.306. The van der Waals surface area contributed by atoms with Crippen molar-refractivity contribution in [1.29, 1.82) is 0 Å². The summed E-state index contributed by atoms with van der Waals surface area (Å²) >= 11 is 0. The molecule has 0 fully saturated rings. The van der Waals surface area contributed by atoms with Crippen LogP contribution < -0.4 is 4.74 Å². The molecule has 0 atom stereocenters. The average Bonchev–Trinajstić information content (AvgIpc) is 2.38. The maximum Gasteiger partial charge on any atom is 0.307 e. The molecule has 0 spiro atoms. The van der Waals surface area contributed by atoms with Crippen LogP contribution in [0.1, 0.15) is 17.5 Å². The van der Waals surface area contributed by atoms with E-state index in [1.807, 2.05) is 0 Å². The van der Waals surface area contributed by atoms with Gasteiger partial charge in [0.05, 0.1) is 19.1 Å². The van der Waals surface area contributed by atoms with Crippen molar-refractivity contribution in [3.05, 3.63) is 39.8 Å². The third-order valence-corrected chi connectivity index (χ3v) is 2.24. The third kappa shape index (κ3) is 5.02. The second-order valence-electron chi connectivity index (χ2n) is 3.61. The number of nitrogens with zero attached hydrogens (tertiary/aromatic N) is 3. The number of benzene rings is 1. The molecule has 0 bridgehead atoms. The topological polar surface area (TPSA) is 95.3 Å². The predicted molar refractivity (Wildman–Crippen MR) is 69.8 cm³/mol. The number of hydrogen-bond donors (Lipinski definition) is 1. The van der Waals surface area contributed by atoms with Gasteiger partial charge in [-0.25, -0.2) is 0 Å². The minimum Gasteiger partial charge on any atom is -0.495 e. The van der Waals surface area contributed by atoms with E-state index < -0.39 is 5.97 Å². The molecule has 0 aliphatic rings. The van der Waals surface area contributed by atoms with E-state index in [1.165, 1.54) is 7.11 Å². The zero-order valence-electron chi connectivity index (χ0n) is 10.5. The zero-order chi connectivity index (χ0) is 14.1. The second-order valence-corrected chi connectivity index (χ2v) is 3.61. The minimum absolute atomic E-state index is 0.0581. The van der Waals surface area contributed by atoms with E-state index in [2.05, 4.69) is 21.9 Å². The van der Waals surface area contributed by atoms with Gasteiger partial charge >= 0.3 is 5.97 Å². The highest BCUT2D eigenvalue weighted by Crippen LogP contribution is 2.19. The molecule has 0 unspecified atom stereocenters. The molecular formula is C13H13N3O3. The Morgan fingerprint density at radius 1 is 1.58 bits per heavy atom.